The van der Waals surface area contributed by atoms with E-state index in [1.54, 1.807) is 33.2 Å². The van der Waals surface area contributed by atoms with Gasteiger partial charge in [0.25, 0.3) is 5.69 Å². The Kier molecular flexibility index (Phi) is 6.78. The number of hydrogen-bond acceptors (Lipinski definition) is 5. The number of anilines is 1. The summed E-state index contributed by atoms with van der Waals surface area (Å²) >= 11 is 0. The number of halogens is 1. The fourth-order valence-corrected chi connectivity index (χ4v) is 2.63. The molecule has 0 bridgehead atoms. The molecule has 0 radical (unpaired) electrons. The Morgan fingerprint density at radius 2 is 1.79 bits per heavy atom. The van der Waals surface area contributed by atoms with Gasteiger partial charge < -0.3 is 15.5 Å². The Labute approximate surface area is 161 Å². The number of benzene rings is 2. The van der Waals surface area contributed by atoms with E-state index < -0.39 is 16.7 Å². The zero-order chi connectivity index (χ0) is 20.8. The molecule has 0 heterocycles. The summed E-state index contributed by atoms with van der Waals surface area (Å²) in [7, 11) is 3.61. The molecule has 148 valence electrons. The molecular formula is C19H21FN4O4. The number of nitrogens with one attached hydrogen (secondary N) is 2. The van der Waals surface area contributed by atoms with Crippen molar-refractivity contribution in [1.29, 1.82) is 0 Å². The molecule has 0 aliphatic carbocycles. The maximum atomic E-state index is 13.1. The number of carbonyl (C=O) groups is 2. The normalized spacial score (nSPS) is 11.8. The molecule has 0 aliphatic rings. The van der Waals surface area contributed by atoms with Crippen LogP contribution in [-0.4, -0.2) is 42.3 Å². The van der Waals surface area contributed by atoms with Crippen molar-refractivity contribution in [3.63, 3.8) is 0 Å². The number of likely N-dealkylation sites (N-methyl/N-ethyl adjacent to an activating group) is 1. The van der Waals surface area contributed by atoms with Crippen molar-refractivity contribution in [2.75, 3.05) is 26.0 Å². The van der Waals surface area contributed by atoms with E-state index >= 15 is 0 Å². The third kappa shape index (κ3) is 5.34. The van der Waals surface area contributed by atoms with Crippen molar-refractivity contribution in [3.8, 4) is 0 Å². The van der Waals surface area contributed by atoms with Crippen molar-refractivity contribution >= 4 is 23.2 Å². The summed E-state index contributed by atoms with van der Waals surface area (Å²) in [5.74, 6) is -2.08. The molecule has 8 nitrogen and oxygen atoms in total. The van der Waals surface area contributed by atoms with Gasteiger partial charge in [0.1, 0.15) is 5.82 Å². The molecule has 0 saturated carbocycles. The van der Waals surface area contributed by atoms with Gasteiger partial charge in [-0.1, -0.05) is 12.1 Å². The first-order valence-electron chi connectivity index (χ1n) is 8.45. The number of nitrogens with zero attached hydrogens (tertiary/aromatic N) is 2. The largest absolute Gasteiger partial charge is 0.346 e. The van der Waals surface area contributed by atoms with Gasteiger partial charge in [-0.2, -0.15) is 0 Å². The summed E-state index contributed by atoms with van der Waals surface area (Å²) in [6.07, 6.45) is 0. The van der Waals surface area contributed by atoms with Crippen LogP contribution in [0, 0.1) is 22.9 Å². The van der Waals surface area contributed by atoms with Crippen LogP contribution in [0.3, 0.4) is 0 Å². The minimum atomic E-state index is -0.881. The van der Waals surface area contributed by atoms with Crippen molar-refractivity contribution in [3.05, 3.63) is 69.5 Å². The number of rotatable bonds is 6. The van der Waals surface area contributed by atoms with Gasteiger partial charge in [-0.25, -0.2) is 4.39 Å². The molecule has 0 saturated heterocycles. The second-order valence-electron chi connectivity index (χ2n) is 6.45. The van der Waals surface area contributed by atoms with E-state index in [9.17, 15) is 24.1 Å². The summed E-state index contributed by atoms with van der Waals surface area (Å²) in [5, 5.41) is 15.8. The van der Waals surface area contributed by atoms with E-state index in [2.05, 4.69) is 10.6 Å². The summed E-state index contributed by atoms with van der Waals surface area (Å²) in [6, 6.07) is 9.58. The van der Waals surface area contributed by atoms with Gasteiger partial charge in [0, 0.05) is 24.4 Å². The lowest BCUT2D eigenvalue weighted by Gasteiger charge is -2.25. The van der Waals surface area contributed by atoms with E-state index in [1.807, 2.05) is 4.90 Å². The van der Waals surface area contributed by atoms with Gasteiger partial charge >= 0.3 is 11.8 Å². The molecule has 0 spiro atoms. The molecule has 2 N–H and O–H groups in total. The van der Waals surface area contributed by atoms with Gasteiger partial charge in [0.2, 0.25) is 0 Å². The van der Waals surface area contributed by atoms with Crippen LogP contribution >= 0.6 is 0 Å². The Balaban J connectivity index is 2.00. The molecule has 0 unspecified atom stereocenters. The SMILES string of the molecule is Cc1cc([N+](=O)[O-])ccc1NC(=O)C(=O)NC[C@H](c1ccc(F)cc1)N(C)C. The molecule has 28 heavy (non-hydrogen) atoms. The van der Waals surface area contributed by atoms with E-state index in [0.717, 1.165) is 5.56 Å². The fourth-order valence-electron chi connectivity index (χ4n) is 2.63. The van der Waals surface area contributed by atoms with Gasteiger partial charge in [-0.3, -0.25) is 19.7 Å². The van der Waals surface area contributed by atoms with E-state index in [0.29, 0.717) is 11.3 Å². The van der Waals surface area contributed by atoms with Crippen LogP contribution in [0.1, 0.15) is 17.2 Å². The highest BCUT2D eigenvalue weighted by Crippen LogP contribution is 2.21. The molecule has 0 fully saturated rings. The summed E-state index contributed by atoms with van der Waals surface area (Å²) in [4.78, 5) is 36.3. The first-order valence-corrected chi connectivity index (χ1v) is 8.45. The number of amides is 2. The Morgan fingerprint density at radius 3 is 2.32 bits per heavy atom. The maximum absolute atomic E-state index is 13.1. The number of nitro groups is 1. The predicted molar refractivity (Wildman–Crippen MR) is 102 cm³/mol. The number of nitro benzene ring substituents is 1. The van der Waals surface area contributed by atoms with Crippen molar-refractivity contribution in [2.45, 2.75) is 13.0 Å². The Hall–Kier alpha value is -3.33. The minimum absolute atomic E-state index is 0.104. The van der Waals surface area contributed by atoms with Gasteiger partial charge in [0.05, 0.1) is 11.0 Å². The number of non-ortho nitro benzene ring substituents is 1. The molecule has 9 heteroatoms. The van der Waals surface area contributed by atoms with Crippen molar-refractivity contribution in [2.24, 2.45) is 0 Å². The highest BCUT2D eigenvalue weighted by Gasteiger charge is 2.20. The lowest BCUT2D eigenvalue weighted by Crippen LogP contribution is -2.40. The topological polar surface area (TPSA) is 105 Å². The zero-order valence-electron chi connectivity index (χ0n) is 15.7. The Bertz CT molecular complexity index is 884. The van der Waals surface area contributed by atoms with Crippen LogP contribution in [0.5, 0.6) is 0 Å². The molecule has 0 aliphatic heterocycles. The highest BCUT2D eigenvalue weighted by atomic mass is 19.1. The molecule has 2 aromatic rings. The predicted octanol–water partition coefficient (Wildman–Crippen LogP) is 2.40. The lowest BCUT2D eigenvalue weighted by molar-refractivity contribution is -0.384. The molecule has 0 aromatic heterocycles. The average Bonchev–Trinajstić information content (AvgIpc) is 2.64. The van der Waals surface area contributed by atoms with Crippen LogP contribution in [0.25, 0.3) is 0 Å². The van der Waals surface area contributed by atoms with Gasteiger partial charge in [-0.15, -0.1) is 0 Å². The van der Waals surface area contributed by atoms with Crippen LogP contribution in [0.2, 0.25) is 0 Å². The van der Waals surface area contributed by atoms with Gasteiger partial charge in [0.15, 0.2) is 0 Å². The van der Waals surface area contributed by atoms with Gasteiger partial charge in [-0.05, 0) is 50.3 Å². The molecular weight excluding hydrogens is 367 g/mol. The van der Waals surface area contributed by atoms with Crippen molar-refractivity contribution in [1.82, 2.24) is 10.2 Å². The zero-order valence-corrected chi connectivity index (χ0v) is 15.7. The van der Waals surface area contributed by atoms with E-state index in [4.69, 9.17) is 0 Å². The number of aryl methyl sites for hydroxylation is 1. The quantitative estimate of drug-likeness (QED) is 0.449. The van der Waals surface area contributed by atoms with Crippen molar-refractivity contribution < 1.29 is 18.9 Å². The second kappa shape index (κ2) is 9.05. The lowest BCUT2D eigenvalue weighted by atomic mass is 10.1. The third-order valence-electron chi connectivity index (χ3n) is 4.21. The third-order valence-corrected chi connectivity index (χ3v) is 4.21. The maximum Gasteiger partial charge on any atom is 0.313 e. The first kappa shape index (κ1) is 21.0. The second-order valence-corrected chi connectivity index (χ2v) is 6.45. The van der Waals surface area contributed by atoms with Crippen LogP contribution < -0.4 is 10.6 Å². The summed E-state index contributed by atoms with van der Waals surface area (Å²) < 4.78 is 13.1. The van der Waals surface area contributed by atoms with E-state index in [-0.39, 0.29) is 24.1 Å². The standard InChI is InChI=1S/C19H21FN4O4/c1-12-10-15(24(27)28)8-9-16(12)22-19(26)18(25)21-11-17(23(2)3)13-4-6-14(20)7-5-13/h4-10,17H,11H2,1-3H3,(H,21,25)(H,22,26)/t17-/m1/s1. The first-order chi connectivity index (χ1) is 13.2. The monoisotopic (exact) mass is 388 g/mol. The summed E-state index contributed by atoms with van der Waals surface area (Å²) in [6.45, 7) is 1.74. The number of carbonyl (C=O) groups excluding carboxylic acids is 2. The van der Waals surface area contributed by atoms with E-state index in [1.165, 1.54) is 30.3 Å². The summed E-state index contributed by atoms with van der Waals surface area (Å²) in [5.41, 5.74) is 1.47. The molecule has 1 atom stereocenters. The molecule has 2 aromatic carbocycles. The minimum Gasteiger partial charge on any atom is -0.346 e. The average molecular weight is 388 g/mol. The number of hydrogen-bond donors (Lipinski definition) is 2. The molecule has 2 rings (SSSR count). The highest BCUT2D eigenvalue weighted by molar-refractivity contribution is 6.39. The van der Waals surface area contributed by atoms with Crippen LogP contribution in [0.4, 0.5) is 15.8 Å². The fraction of sp³-hybridized carbons (Fsp3) is 0.263. The smallest absolute Gasteiger partial charge is 0.313 e. The van der Waals surface area contributed by atoms with Crippen LogP contribution in [-0.2, 0) is 9.59 Å². The van der Waals surface area contributed by atoms with Crippen LogP contribution in [0.15, 0.2) is 42.5 Å². The molecule has 2 amide bonds. The Morgan fingerprint density at radius 1 is 1.14 bits per heavy atom.